The van der Waals surface area contributed by atoms with Crippen LogP contribution in [0.4, 0.5) is 0 Å². The van der Waals surface area contributed by atoms with Crippen molar-refractivity contribution in [3.63, 3.8) is 0 Å². The summed E-state index contributed by atoms with van der Waals surface area (Å²) in [6, 6.07) is 10.1. The molecule has 0 radical (unpaired) electrons. The van der Waals surface area contributed by atoms with Crippen molar-refractivity contribution in [3.05, 3.63) is 48.3 Å². The predicted molar refractivity (Wildman–Crippen MR) is 121 cm³/mol. The summed E-state index contributed by atoms with van der Waals surface area (Å²) in [4.78, 5) is 18.7. The highest BCUT2D eigenvalue weighted by molar-refractivity contribution is 5.79. The molecule has 2 N–H and O–H groups in total. The molecule has 1 amide bonds. The first kappa shape index (κ1) is 21.9. The van der Waals surface area contributed by atoms with Crippen molar-refractivity contribution in [1.82, 2.24) is 25.3 Å². The van der Waals surface area contributed by atoms with E-state index in [4.69, 9.17) is 0 Å². The molecule has 1 aromatic carbocycles. The Labute approximate surface area is 179 Å². The van der Waals surface area contributed by atoms with Crippen molar-refractivity contribution in [2.45, 2.75) is 45.4 Å². The van der Waals surface area contributed by atoms with Crippen molar-refractivity contribution in [1.29, 1.82) is 0 Å². The van der Waals surface area contributed by atoms with Gasteiger partial charge in [-0.05, 0) is 50.3 Å². The summed E-state index contributed by atoms with van der Waals surface area (Å²) >= 11 is 0. The lowest BCUT2D eigenvalue weighted by Crippen LogP contribution is -2.38. The predicted octanol–water partition coefficient (Wildman–Crippen LogP) is 2.76. The molecule has 0 bridgehead atoms. The van der Waals surface area contributed by atoms with E-state index >= 15 is 0 Å². The zero-order chi connectivity index (χ0) is 21.0. The molecule has 7 nitrogen and oxygen atoms in total. The van der Waals surface area contributed by atoms with Crippen LogP contribution in [0, 0.1) is 0 Å². The fourth-order valence-electron chi connectivity index (χ4n) is 3.61. The number of amides is 1. The molecule has 0 unspecified atom stereocenters. The normalized spacial score (nSPS) is 15.2. The van der Waals surface area contributed by atoms with Crippen LogP contribution in [0.1, 0.15) is 44.6 Å². The molecular weight excluding hydrogens is 376 g/mol. The van der Waals surface area contributed by atoms with Crippen LogP contribution >= 0.6 is 0 Å². The van der Waals surface area contributed by atoms with Gasteiger partial charge in [-0.25, -0.2) is 4.68 Å². The van der Waals surface area contributed by atoms with Crippen LogP contribution in [-0.4, -0.2) is 59.3 Å². The van der Waals surface area contributed by atoms with Crippen LogP contribution in [0.3, 0.4) is 0 Å². The monoisotopic (exact) mass is 410 g/mol. The van der Waals surface area contributed by atoms with Crippen molar-refractivity contribution < 1.29 is 4.79 Å². The van der Waals surface area contributed by atoms with Crippen LogP contribution in [-0.2, 0) is 11.2 Å². The Morgan fingerprint density at radius 2 is 2.03 bits per heavy atom. The summed E-state index contributed by atoms with van der Waals surface area (Å²) in [5.74, 6) is 1.13. The molecule has 2 aromatic rings. The molecule has 1 fully saturated rings. The van der Waals surface area contributed by atoms with Crippen LogP contribution in [0.5, 0.6) is 0 Å². The van der Waals surface area contributed by atoms with Gasteiger partial charge in [-0.2, -0.15) is 5.10 Å². The SMILES string of the molecule is CCNC(=NCCCN1CCCCCC1=O)NCCc1cnn(-c2ccccc2)c1. The maximum absolute atomic E-state index is 12.1. The van der Waals surface area contributed by atoms with Gasteiger partial charge in [0.2, 0.25) is 5.91 Å². The van der Waals surface area contributed by atoms with E-state index in [1.807, 2.05) is 46.1 Å². The number of aliphatic imine (C=N–C) groups is 1. The summed E-state index contributed by atoms with van der Waals surface area (Å²) in [5, 5.41) is 11.1. The maximum atomic E-state index is 12.1. The Morgan fingerprint density at radius 1 is 1.17 bits per heavy atom. The molecule has 0 aliphatic carbocycles. The second-order valence-corrected chi connectivity index (χ2v) is 7.61. The van der Waals surface area contributed by atoms with Crippen molar-refractivity contribution >= 4 is 11.9 Å². The third kappa shape index (κ3) is 6.90. The number of aromatic nitrogens is 2. The van der Waals surface area contributed by atoms with Crippen molar-refractivity contribution in [2.24, 2.45) is 4.99 Å². The van der Waals surface area contributed by atoms with Gasteiger partial charge >= 0.3 is 0 Å². The molecule has 162 valence electrons. The lowest BCUT2D eigenvalue weighted by molar-refractivity contribution is -0.130. The van der Waals surface area contributed by atoms with E-state index < -0.39 is 0 Å². The number of likely N-dealkylation sites (tertiary alicyclic amines) is 1. The fraction of sp³-hybridized carbons (Fsp3) is 0.522. The molecule has 1 aliphatic rings. The lowest BCUT2D eigenvalue weighted by Gasteiger charge is -2.20. The summed E-state index contributed by atoms with van der Waals surface area (Å²) in [6.07, 6.45) is 9.78. The minimum atomic E-state index is 0.303. The zero-order valence-corrected chi connectivity index (χ0v) is 18.0. The summed E-state index contributed by atoms with van der Waals surface area (Å²) in [7, 11) is 0. The van der Waals surface area contributed by atoms with E-state index in [9.17, 15) is 4.79 Å². The Balaban J connectivity index is 1.41. The smallest absolute Gasteiger partial charge is 0.222 e. The topological polar surface area (TPSA) is 74.6 Å². The fourth-order valence-corrected chi connectivity index (χ4v) is 3.61. The Kier molecular flexibility index (Phi) is 8.75. The number of hydrogen-bond donors (Lipinski definition) is 2. The summed E-state index contributed by atoms with van der Waals surface area (Å²) < 4.78 is 1.90. The lowest BCUT2D eigenvalue weighted by atomic mass is 10.2. The Hall–Kier alpha value is -2.83. The molecule has 2 heterocycles. The van der Waals surface area contributed by atoms with Gasteiger partial charge in [0.25, 0.3) is 0 Å². The first-order chi connectivity index (χ1) is 14.8. The van der Waals surface area contributed by atoms with Gasteiger partial charge in [-0.1, -0.05) is 24.6 Å². The molecule has 0 saturated carbocycles. The number of nitrogens with one attached hydrogen (secondary N) is 2. The van der Waals surface area contributed by atoms with E-state index in [-0.39, 0.29) is 0 Å². The van der Waals surface area contributed by atoms with Crippen molar-refractivity contribution in [2.75, 3.05) is 32.7 Å². The van der Waals surface area contributed by atoms with Gasteiger partial charge in [0.1, 0.15) is 0 Å². The maximum Gasteiger partial charge on any atom is 0.222 e. The van der Waals surface area contributed by atoms with Gasteiger partial charge in [-0.15, -0.1) is 0 Å². The Bertz CT molecular complexity index is 801. The first-order valence-electron chi connectivity index (χ1n) is 11.1. The van der Waals surface area contributed by atoms with E-state index in [2.05, 4.69) is 33.8 Å². The van der Waals surface area contributed by atoms with Gasteiger partial charge in [-0.3, -0.25) is 9.79 Å². The third-order valence-corrected chi connectivity index (χ3v) is 5.23. The number of nitrogens with zero attached hydrogens (tertiary/aromatic N) is 4. The largest absolute Gasteiger partial charge is 0.357 e. The van der Waals surface area contributed by atoms with Gasteiger partial charge in [0.05, 0.1) is 11.9 Å². The minimum absolute atomic E-state index is 0.303. The van der Waals surface area contributed by atoms with Crippen LogP contribution in [0.2, 0.25) is 0 Å². The molecule has 3 rings (SSSR count). The number of benzene rings is 1. The van der Waals surface area contributed by atoms with Crippen LogP contribution in [0.15, 0.2) is 47.7 Å². The molecule has 0 spiro atoms. The Morgan fingerprint density at radius 3 is 2.87 bits per heavy atom. The summed E-state index contributed by atoms with van der Waals surface area (Å²) in [6.45, 7) is 6.10. The molecule has 30 heavy (non-hydrogen) atoms. The number of rotatable bonds is 9. The van der Waals surface area contributed by atoms with Gasteiger partial charge in [0.15, 0.2) is 5.96 Å². The van der Waals surface area contributed by atoms with Crippen molar-refractivity contribution in [3.8, 4) is 5.69 Å². The highest BCUT2D eigenvalue weighted by Crippen LogP contribution is 2.11. The third-order valence-electron chi connectivity index (χ3n) is 5.23. The van der Waals surface area contributed by atoms with E-state index in [1.165, 1.54) is 12.0 Å². The number of carbonyl (C=O) groups is 1. The van der Waals surface area contributed by atoms with E-state index in [0.717, 1.165) is 63.5 Å². The number of carbonyl (C=O) groups excluding carboxylic acids is 1. The second-order valence-electron chi connectivity index (χ2n) is 7.61. The average molecular weight is 411 g/mol. The van der Waals surface area contributed by atoms with E-state index in [0.29, 0.717) is 18.9 Å². The number of hydrogen-bond acceptors (Lipinski definition) is 3. The van der Waals surface area contributed by atoms with Crippen LogP contribution < -0.4 is 10.6 Å². The molecule has 1 saturated heterocycles. The number of para-hydroxylation sites is 1. The first-order valence-corrected chi connectivity index (χ1v) is 11.1. The average Bonchev–Trinajstić information content (AvgIpc) is 3.14. The highest BCUT2D eigenvalue weighted by Gasteiger charge is 2.15. The highest BCUT2D eigenvalue weighted by atomic mass is 16.2. The van der Waals surface area contributed by atoms with Gasteiger partial charge in [0, 0.05) is 45.3 Å². The summed E-state index contributed by atoms with van der Waals surface area (Å²) in [5.41, 5.74) is 2.25. The van der Waals surface area contributed by atoms with E-state index in [1.54, 1.807) is 0 Å². The molecular formula is C23H34N6O. The molecule has 0 atom stereocenters. The molecule has 7 heteroatoms. The minimum Gasteiger partial charge on any atom is -0.357 e. The van der Waals surface area contributed by atoms with Gasteiger partial charge < -0.3 is 15.5 Å². The van der Waals surface area contributed by atoms with Crippen LogP contribution in [0.25, 0.3) is 5.69 Å². The zero-order valence-electron chi connectivity index (χ0n) is 18.0. The molecule has 1 aromatic heterocycles. The molecule has 1 aliphatic heterocycles. The number of guanidine groups is 1. The second kappa shape index (κ2) is 12.0. The quantitative estimate of drug-likeness (QED) is 0.379. The standard InChI is InChI=1S/C23H34N6O/c1-2-24-23(25-14-9-17-28-16-8-4-7-12-22(28)30)26-15-13-20-18-27-29(19-20)21-10-5-3-6-11-21/h3,5-6,10-11,18-19H,2,4,7-9,12-17H2,1H3,(H2,24,25,26).